The third-order valence-corrected chi connectivity index (χ3v) is 3.98. The second-order valence-electron chi connectivity index (χ2n) is 4.48. The van der Waals surface area contributed by atoms with E-state index >= 15 is 0 Å². The van der Waals surface area contributed by atoms with E-state index in [0.717, 1.165) is 5.52 Å². The lowest BCUT2D eigenvalue weighted by molar-refractivity contribution is 0.617. The highest BCUT2D eigenvalue weighted by Gasteiger charge is 2.17. The summed E-state index contributed by atoms with van der Waals surface area (Å²) in [4.78, 5) is 4.49. The lowest BCUT2D eigenvalue weighted by Gasteiger charge is -2.10. The Balaban J connectivity index is 2.37. The first-order chi connectivity index (χ1) is 10.1. The molecule has 1 heterocycles. The van der Waals surface area contributed by atoms with Gasteiger partial charge in [0.2, 0.25) is 0 Å². The molecule has 3 aromatic rings. The van der Waals surface area contributed by atoms with Crippen molar-refractivity contribution in [1.82, 2.24) is 9.55 Å². The molecule has 0 saturated carbocycles. The molecule has 0 radical (unpaired) electrons. The number of aromatic nitrogens is 2. The van der Waals surface area contributed by atoms with Gasteiger partial charge in [0, 0.05) is 12.3 Å². The van der Waals surface area contributed by atoms with Crippen LogP contribution in [0.25, 0.3) is 16.7 Å². The monoisotopic (exact) mass is 342 g/mol. The van der Waals surface area contributed by atoms with Gasteiger partial charge in [-0.1, -0.05) is 35.3 Å². The van der Waals surface area contributed by atoms with Crippen molar-refractivity contribution in [2.75, 3.05) is 5.88 Å². The summed E-state index contributed by atoms with van der Waals surface area (Å²) in [5.41, 5.74) is 1.69. The minimum Gasteiger partial charge on any atom is -0.293 e. The lowest BCUT2D eigenvalue weighted by atomic mass is 10.2. The molecule has 1 aromatic heterocycles. The fourth-order valence-electron chi connectivity index (χ4n) is 2.30. The maximum atomic E-state index is 14.4. The van der Waals surface area contributed by atoms with E-state index in [1.807, 2.05) is 6.07 Å². The molecule has 0 aliphatic rings. The fraction of sp³-hybridized carbons (Fsp3) is 0.133. The Morgan fingerprint density at radius 2 is 1.76 bits per heavy atom. The van der Waals surface area contributed by atoms with E-state index in [0.29, 0.717) is 34.4 Å². The van der Waals surface area contributed by atoms with Crippen molar-refractivity contribution in [3.8, 4) is 5.69 Å². The largest absolute Gasteiger partial charge is 0.293 e. The highest BCUT2D eigenvalue weighted by atomic mass is 35.5. The van der Waals surface area contributed by atoms with Crippen LogP contribution in [0.2, 0.25) is 10.0 Å². The first-order valence-corrected chi connectivity index (χ1v) is 7.58. The quantitative estimate of drug-likeness (QED) is 0.594. The zero-order valence-electron chi connectivity index (χ0n) is 10.8. The van der Waals surface area contributed by atoms with E-state index in [1.165, 1.54) is 6.07 Å². The number of alkyl halides is 1. The molecule has 0 bridgehead atoms. The number of rotatable bonds is 3. The molecule has 2 nitrogen and oxygen atoms in total. The van der Waals surface area contributed by atoms with Gasteiger partial charge in [-0.2, -0.15) is 0 Å². The molecular weight excluding hydrogens is 334 g/mol. The van der Waals surface area contributed by atoms with Gasteiger partial charge >= 0.3 is 0 Å². The Morgan fingerprint density at radius 1 is 1.05 bits per heavy atom. The van der Waals surface area contributed by atoms with Crippen LogP contribution in [0.3, 0.4) is 0 Å². The number of halogens is 4. The zero-order valence-corrected chi connectivity index (χ0v) is 13.1. The van der Waals surface area contributed by atoms with E-state index in [-0.39, 0.29) is 5.02 Å². The minimum atomic E-state index is -0.491. The Bertz CT molecular complexity index is 814. The number of hydrogen-bond acceptors (Lipinski definition) is 1. The van der Waals surface area contributed by atoms with Crippen molar-refractivity contribution in [3.63, 3.8) is 0 Å². The first kappa shape index (κ1) is 14.6. The number of benzene rings is 2. The fourth-order valence-corrected chi connectivity index (χ4v) is 2.85. The van der Waals surface area contributed by atoms with Crippen LogP contribution in [0, 0.1) is 5.82 Å². The average molecular weight is 344 g/mol. The van der Waals surface area contributed by atoms with Crippen LogP contribution >= 0.6 is 34.8 Å². The molecule has 0 N–H and O–H groups in total. The normalized spacial score (nSPS) is 11.2. The summed E-state index contributed by atoms with van der Waals surface area (Å²) in [5, 5.41) is 0.581. The van der Waals surface area contributed by atoms with Gasteiger partial charge in [0.15, 0.2) is 5.82 Å². The van der Waals surface area contributed by atoms with Gasteiger partial charge < -0.3 is 0 Å². The number of nitrogens with zero attached hydrogens (tertiary/aromatic N) is 2. The Labute approximate surface area is 136 Å². The second-order valence-corrected chi connectivity index (χ2v) is 5.68. The maximum absolute atomic E-state index is 14.4. The number of imidazole rings is 1. The maximum Gasteiger partial charge on any atom is 0.165 e. The molecule has 0 spiro atoms. The molecule has 0 atom stereocenters. The summed E-state index contributed by atoms with van der Waals surface area (Å²) >= 11 is 17.9. The van der Waals surface area contributed by atoms with Gasteiger partial charge in [0.25, 0.3) is 0 Å². The van der Waals surface area contributed by atoms with Crippen molar-refractivity contribution >= 4 is 45.8 Å². The highest BCUT2D eigenvalue weighted by Crippen LogP contribution is 2.30. The molecule has 0 fully saturated rings. The van der Waals surface area contributed by atoms with E-state index in [9.17, 15) is 4.39 Å². The second kappa shape index (κ2) is 5.84. The predicted molar refractivity (Wildman–Crippen MR) is 85.5 cm³/mol. The topological polar surface area (TPSA) is 17.8 Å². The standard InChI is InChI=1S/C15H10Cl3FN2/c16-8-7-13-20-15-10(18)4-2-6-12(15)21(13)11-5-1-3-9(17)14(11)19/h1-6H,7-8H2. The summed E-state index contributed by atoms with van der Waals surface area (Å²) < 4.78 is 16.1. The van der Waals surface area contributed by atoms with E-state index in [1.54, 1.807) is 28.8 Å². The van der Waals surface area contributed by atoms with Crippen LogP contribution in [0.5, 0.6) is 0 Å². The van der Waals surface area contributed by atoms with Crippen molar-refractivity contribution in [1.29, 1.82) is 0 Å². The molecule has 2 aromatic carbocycles. The van der Waals surface area contributed by atoms with Gasteiger partial charge in [-0.15, -0.1) is 11.6 Å². The van der Waals surface area contributed by atoms with E-state index < -0.39 is 5.82 Å². The molecule has 0 aliphatic carbocycles. The molecule has 6 heteroatoms. The number of para-hydroxylation sites is 1. The summed E-state index contributed by atoms with van der Waals surface area (Å²) in [6, 6.07) is 10.2. The smallest absolute Gasteiger partial charge is 0.165 e. The van der Waals surface area contributed by atoms with Crippen LogP contribution in [0.4, 0.5) is 4.39 Å². The SMILES string of the molecule is Fc1c(Cl)cccc1-n1c(CCCl)nc2c(Cl)cccc21. The number of aryl methyl sites for hydroxylation is 1. The molecular formula is C15H10Cl3FN2. The van der Waals surface area contributed by atoms with Gasteiger partial charge in [-0.25, -0.2) is 9.37 Å². The molecule has 0 saturated heterocycles. The number of fused-ring (bicyclic) bond motifs is 1. The van der Waals surface area contributed by atoms with E-state index in [4.69, 9.17) is 34.8 Å². The van der Waals surface area contributed by atoms with Crippen LogP contribution < -0.4 is 0 Å². The minimum absolute atomic E-state index is 0.0631. The van der Waals surface area contributed by atoms with Crippen molar-refractivity contribution < 1.29 is 4.39 Å². The van der Waals surface area contributed by atoms with Crippen LogP contribution in [0.1, 0.15) is 5.82 Å². The lowest BCUT2D eigenvalue weighted by Crippen LogP contribution is -2.04. The van der Waals surface area contributed by atoms with E-state index in [2.05, 4.69) is 4.98 Å². The summed E-state index contributed by atoms with van der Waals surface area (Å²) in [5.74, 6) is 0.534. The molecule has 3 rings (SSSR count). The Kier molecular flexibility index (Phi) is 4.07. The summed E-state index contributed by atoms with van der Waals surface area (Å²) in [7, 11) is 0. The van der Waals surface area contributed by atoms with Gasteiger partial charge in [-0.05, 0) is 24.3 Å². The Morgan fingerprint density at radius 3 is 2.52 bits per heavy atom. The molecule has 108 valence electrons. The molecule has 0 unspecified atom stereocenters. The van der Waals surface area contributed by atoms with Crippen molar-refractivity contribution in [2.45, 2.75) is 6.42 Å². The average Bonchev–Trinajstić information content (AvgIpc) is 2.82. The van der Waals surface area contributed by atoms with Gasteiger partial charge in [0.05, 0.1) is 21.2 Å². The molecule has 21 heavy (non-hydrogen) atoms. The van der Waals surface area contributed by atoms with Crippen molar-refractivity contribution in [3.05, 3.63) is 58.1 Å². The third kappa shape index (κ3) is 2.50. The summed E-state index contributed by atoms with van der Waals surface area (Å²) in [6.45, 7) is 0. The molecule has 0 aliphatic heterocycles. The Hall–Kier alpha value is -1.29. The van der Waals surface area contributed by atoms with Crippen LogP contribution in [-0.4, -0.2) is 15.4 Å². The van der Waals surface area contributed by atoms with Gasteiger partial charge in [-0.3, -0.25) is 4.57 Å². The summed E-state index contributed by atoms with van der Waals surface area (Å²) in [6.07, 6.45) is 0.499. The van der Waals surface area contributed by atoms with Crippen molar-refractivity contribution in [2.24, 2.45) is 0 Å². The highest BCUT2D eigenvalue weighted by molar-refractivity contribution is 6.35. The zero-order chi connectivity index (χ0) is 15.0. The van der Waals surface area contributed by atoms with Gasteiger partial charge in [0.1, 0.15) is 11.3 Å². The van der Waals surface area contributed by atoms with Crippen LogP contribution in [0.15, 0.2) is 36.4 Å². The molecule has 0 amide bonds. The number of hydrogen-bond donors (Lipinski definition) is 0. The first-order valence-electron chi connectivity index (χ1n) is 6.29. The third-order valence-electron chi connectivity index (χ3n) is 3.20. The van der Waals surface area contributed by atoms with Crippen LogP contribution in [-0.2, 0) is 6.42 Å². The predicted octanol–water partition coefficient (Wildman–Crippen LogP) is 5.25.